The highest BCUT2D eigenvalue weighted by molar-refractivity contribution is 7.89. The first kappa shape index (κ1) is 15.9. The molecule has 116 valence electrons. The molecule has 0 bridgehead atoms. The van der Waals surface area contributed by atoms with E-state index in [0.29, 0.717) is 37.1 Å². The van der Waals surface area contributed by atoms with Crippen molar-refractivity contribution in [2.45, 2.75) is 37.6 Å². The van der Waals surface area contributed by atoms with Crippen LogP contribution in [-0.4, -0.2) is 36.8 Å². The van der Waals surface area contributed by atoms with Crippen molar-refractivity contribution in [3.05, 3.63) is 33.4 Å². The predicted molar refractivity (Wildman–Crippen MR) is 78.5 cm³/mol. The molecule has 1 aliphatic rings. The molecule has 1 aliphatic heterocycles. The summed E-state index contributed by atoms with van der Waals surface area (Å²) in [5.74, 6) is 0. The van der Waals surface area contributed by atoms with Crippen LogP contribution in [0.3, 0.4) is 0 Å². The maximum absolute atomic E-state index is 12.7. The quantitative estimate of drug-likeness (QED) is 0.669. The van der Waals surface area contributed by atoms with Gasteiger partial charge in [0, 0.05) is 31.3 Å². The number of piperidine rings is 1. The van der Waals surface area contributed by atoms with Crippen LogP contribution >= 0.6 is 0 Å². The van der Waals surface area contributed by atoms with E-state index in [1.54, 1.807) is 13.8 Å². The standard InChI is InChI=1S/C13H19N3O4S/c1-9-7-12(16(17)18)8-10(2)13(9)21(19,20)15-5-3-11(14)4-6-15/h7-8,11H,3-6,14H2,1-2H3. The minimum atomic E-state index is -3.63. The molecule has 7 nitrogen and oxygen atoms in total. The molecule has 1 saturated heterocycles. The van der Waals surface area contributed by atoms with Crippen molar-refractivity contribution < 1.29 is 13.3 Å². The normalized spacial score (nSPS) is 17.9. The number of hydrogen-bond acceptors (Lipinski definition) is 5. The van der Waals surface area contributed by atoms with Gasteiger partial charge in [0.15, 0.2) is 0 Å². The summed E-state index contributed by atoms with van der Waals surface area (Å²) >= 11 is 0. The summed E-state index contributed by atoms with van der Waals surface area (Å²) < 4.78 is 26.9. The molecular formula is C13H19N3O4S. The number of nitro benzene ring substituents is 1. The smallest absolute Gasteiger partial charge is 0.270 e. The van der Waals surface area contributed by atoms with Crippen molar-refractivity contribution in [3.63, 3.8) is 0 Å². The van der Waals surface area contributed by atoms with E-state index in [1.165, 1.54) is 16.4 Å². The van der Waals surface area contributed by atoms with Crippen LogP contribution in [0.25, 0.3) is 0 Å². The van der Waals surface area contributed by atoms with Gasteiger partial charge in [0.25, 0.3) is 5.69 Å². The van der Waals surface area contributed by atoms with E-state index in [4.69, 9.17) is 5.73 Å². The van der Waals surface area contributed by atoms with Crippen molar-refractivity contribution in [1.82, 2.24) is 4.31 Å². The number of nitro groups is 1. The first-order valence-electron chi connectivity index (χ1n) is 6.75. The van der Waals surface area contributed by atoms with Crippen LogP contribution < -0.4 is 5.73 Å². The van der Waals surface area contributed by atoms with E-state index in [0.717, 1.165) is 0 Å². The Morgan fingerprint density at radius 1 is 1.24 bits per heavy atom. The molecule has 0 amide bonds. The first-order chi connectivity index (χ1) is 9.73. The molecule has 2 N–H and O–H groups in total. The Morgan fingerprint density at radius 2 is 1.71 bits per heavy atom. The number of aryl methyl sites for hydroxylation is 2. The van der Waals surface area contributed by atoms with Gasteiger partial charge < -0.3 is 5.73 Å². The summed E-state index contributed by atoms with van der Waals surface area (Å²) in [5, 5.41) is 10.8. The Kier molecular flexibility index (Phi) is 4.31. The lowest BCUT2D eigenvalue weighted by Crippen LogP contribution is -2.43. The van der Waals surface area contributed by atoms with Gasteiger partial charge in [-0.2, -0.15) is 4.31 Å². The van der Waals surface area contributed by atoms with Gasteiger partial charge in [-0.1, -0.05) is 0 Å². The Balaban J connectivity index is 2.43. The van der Waals surface area contributed by atoms with Crippen LogP contribution in [0, 0.1) is 24.0 Å². The van der Waals surface area contributed by atoms with Gasteiger partial charge in [-0.15, -0.1) is 0 Å². The second-order valence-corrected chi connectivity index (χ2v) is 7.28. The maximum Gasteiger partial charge on any atom is 0.270 e. The Labute approximate surface area is 123 Å². The highest BCUT2D eigenvalue weighted by Crippen LogP contribution is 2.29. The molecule has 0 aliphatic carbocycles. The highest BCUT2D eigenvalue weighted by atomic mass is 32.2. The maximum atomic E-state index is 12.7. The fraction of sp³-hybridized carbons (Fsp3) is 0.538. The van der Waals surface area contributed by atoms with Gasteiger partial charge in [0.1, 0.15) is 0 Å². The van der Waals surface area contributed by atoms with Gasteiger partial charge in [-0.25, -0.2) is 8.42 Å². The van der Waals surface area contributed by atoms with E-state index < -0.39 is 14.9 Å². The van der Waals surface area contributed by atoms with Crippen molar-refractivity contribution in [2.24, 2.45) is 5.73 Å². The lowest BCUT2D eigenvalue weighted by Gasteiger charge is -2.30. The first-order valence-corrected chi connectivity index (χ1v) is 8.19. The van der Waals surface area contributed by atoms with Gasteiger partial charge >= 0.3 is 0 Å². The second-order valence-electron chi connectivity index (χ2n) is 5.41. The molecule has 0 radical (unpaired) electrons. The average molecular weight is 313 g/mol. The fourth-order valence-corrected chi connectivity index (χ4v) is 4.57. The lowest BCUT2D eigenvalue weighted by molar-refractivity contribution is -0.385. The number of benzene rings is 1. The van der Waals surface area contributed by atoms with Crippen LogP contribution in [0.15, 0.2) is 17.0 Å². The fourth-order valence-electron chi connectivity index (χ4n) is 2.68. The third-order valence-electron chi connectivity index (χ3n) is 3.75. The van der Waals surface area contributed by atoms with Crippen molar-refractivity contribution >= 4 is 15.7 Å². The molecule has 1 heterocycles. The van der Waals surface area contributed by atoms with Crippen LogP contribution in [0.4, 0.5) is 5.69 Å². The molecule has 0 aromatic heterocycles. The van der Waals surface area contributed by atoms with Crippen LogP contribution in [0.1, 0.15) is 24.0 Å². The van der Waals surface area contributed by atoms with E-state index in [-0.39, 0.29) is 16.6 Å². The predicted octanol–water partition coefficient (Wildman–Crippen LogP) is 1.32. The molecule has 0 saturated carbocycles. The molecule has 21 heavy (non-hydrogen) atoms. The summed E-state index contributed by atoms with van der Waals surface area (Å²) in [5.41, 5.74) is 6.50. The van der Waals surface area contributed by atoms with Gasteiger partial charge in [0.05, 0.1) is 9.82 Å². The lowest BCUT2D eigenvalue weighted by atomic mass is 10.1. The van der Waals surface area contributed by atoms with Crippen LogP contribution in [0.5, 0.6) is 0 Å². The second kappa shape index (κ2) is 5.70. The van der Waals surface area contributed by atoms with E-state index in [2.05, 4.69) is 0 Å². The number of non-ortho nitro benzene ring substituents is 1. The number of hydrogen-bond donors (Lipinski definition) is 1. The van der Waals surface area contributed by atoms with Crippen LogP contribution in [-0.2, 0) is 10.0 Å². The Hall–Kier alpha value is -1.51. The number of rotatable bonds is 3. The van der Waals surface area contributed by atoms with Crippen LogP contribution in [0.2, 0.25) is 0 Å². The van der Waals surface area contributed by atoms with Gasteiger partial charge in [-0.3, -0.25) is 10.1 Å². The minimum absolute atomic E-state index is 0.0375. The Bertz CT molecular complexity index is 641. The number of nitrogens with zero attached hydrogens (tertiary/aromatic N) is 2. The van der Waals surface area contributed by atoms with E-state index in [1.807, 2.05) is 0 Å². The monoisotopic (exact) mass is 313 g/mol. The highest BCUT2D eigenvalue weighted by Gasteiger charge is 2.31. The molecule has 2 rings (SSSR count). The van der Waals surface area contributed by atoms with Crippen molar-refractivity contribution in [2.75, 3.05) is 13.1 Å². The van der Waals surface area contributed by atoms with Crippen molar-refractivity contribution in [3.8, 4) is 0 Å². The summed E-state index contributed by atoms with van der Waals surface area (Å²) in [6, 6.07) is 2.64. The average Bonchev–Trinajstić information content (AvgIpc) is 2.37. The summed E-state index contributed by atoms with van der Waals surface area (Å²) in [6.07, 6.45) is 1.26. The summed E-state index contributed by atoms with van der Waals surface area (Å²) in [6.45, 7) is 3.95. The molecule has 0 unspecified atom stereocenters. The summed E-state index contributed by atoms with van der Waals surface area (Å²) in [4.78, 5) is 10.5. The van der Waals surface area contributed by atoms with Crippen molar-refractivity contribution in [1.29, 1.82) is 0 Å². The minimum Gasteiger partial charge on any atom is -0.328 e. The third kappa shape index (κ3) is 3.07. The largest absolute Gasteiger partial charge is 0.328 e. The molecule has 1 fully saturated rings. The topological polar surface area (TPSA) is 107 Å². The SMILES string of the molecule is Cc1cc([N+](=O)[O-])cc(C)c1S(=O)(=O)N1CCC(N)CC1. The van der Waals surface area contributed by atoms with E-state index in [9.17, 15) is 18.5 Å². The number of sulfonamides is 1. The third-order valence-corrected chi connectivity index (χ3v) is 5.96. The molecule has 0 atom stereocenters. The zero-order valence-corrected chi connectivity index (χ0v) is 12.9. The molecule has 8 heteroatoms. The number of nitrogens with two attached hydrogens (primary N) is 1. The zero-order valence-electron chi connectivity index (χ0n) is 12.1. The zero-order chi connectivity index (χ0) is 15.8. The van der Waals surface area contributed by atoms with Gasteiger partial charge in [0.2, 0.25) is 10.0 Å². The molecular weight excluding hydrogens is 294 g/mol. The molecule has 1 aromatic carbocycles. The summed E-state index contributed by atoms with van der Waals surface area (Å²) in [7, 11) is -3.63. The molecule has 0 spiro atoms. The Morgan fingerprint density at radius 3 is 2.14 bits per heavy atom. The van der Waals surface area contributed by atoms with Gasteiger partial charge in [-0.05, 0) is 37.8 Å². The molecule has 1 aromatic rings. The van der Waals surface area contributed by atoms with E-state index >= 15 is 0 Å².